The molecule has 0 spiro atoms. The third-order valence-electron chi connectivity index (χ3n) is 5.36. The molecule has 0 radical (unpaired) electrons. The van der Waals surface area contributed by atoms with Gasteiger partial charge < -0.3 is 4.74 Å². The van der Waals surface area contributed by atoms with Gasteiger partial charge in [-0.15, -0.1) is 0 Å². The Morgan fingerprint density at radius 2 is 1.28 bits per heavy atom. The molecule has 4 aromatic carbocycles. The molecule has 0 fully saturated rings. The average molecular weight is 438 g/mol. The number of fused-ring (bicyclic) bond motifs is 1. The molecule has 32 heavy (non-hydrogen) atoms. The van der Waals surface area contributed by atoms with Gasteiger partial charge in [-0.3, -0.25) is 5.43 Å². The first kappa shape index (κ1) is 20.0. The van der Waals surface area contributed by atoms with E-state index in [9.17, 15) is 0 Å². The number of amidine groups is 1. The molecule has 1 aliphatic rings. The molecule has 0 saturated carbocycles. The molecule has 0 amide bonds. The summed E-state index contributed by atoms with van der Waals surface area (Å²) >= 11 is 6.05. The van der Waals surface area contributed by atoms with Crippen LogP contribution in [0.5, 0.6) is 5.75 Å². The molecule has 0 bridgehead atoms. The Labute approximate surface area is 191 Å². The zero-order valence-electron chi connectivity index (χ0n) is 17.4. The number of nitrogens with one attached hydrogen (secondary N) is 1. The van der Waals surface area contributed by atoms with Crippen molar-refractivity contribution in [2.24, 2.45) is 10.1 Å². The summed E-state index contributed by atoms with van der Waals surface area (Å²) < 4.78 is 5.25. The first-order valence-electron chi connectivity index (χ1n) is 10.2. The fourth-order valence-electron chi connectivity index (χ4n) is 3.65. The second-order valence-electron chi connectivity index (χ2n) is 7.36. The molecule has 0 aromatic heterocycles. The van der Waals surface area contributed by atoms with Gasteiger partial charge in [0.05, 0.1) is 18.5 Å². The van der Waals surface area contributed by atoms with Crippen LogP contribution in [0.1, 0.15) is 16.7 Å². The van der Waals surface area contributed by atoms with Gasteiger partial charge in [0.2, 0.25) is 0 Å². The van der Waals surface area contributed by atoms with Crippen LogP contribution in [0, 0.1) is 0 Å². The van der Waals surface area contributed by atoms with Crippen molar-refractivity contribution in [3.8, 4) is 16.9 Å². The van der Waals surface area contributed by atoms with Crippen LogP contribution >= 0.6 is 11.6 Å². The number of hydrogen-bond acceptors (Lipinski definition) is 4. The number of benzene rings is 4. The van der Waals surface area contributed by atoms with E-state index in [-0.39, 0.29) is 0 Å². The molecule has 0 unspecified atom stereocenters. The number of methoxy groups -OCH3 is 1. The van der Waals surface area contributed by atoms with E-state index >= 15 is 0 Å². The van der Waals surface area contributed by atoms with E-state index in [2.05, 4.69) is 41.8 Å². The second-order valence-corrected chi connectivity index (χ2v) is 7.80. The van der Waals surface area contributed by atoms with Crippen LogP contribution < -0.4 is 10.2 Å². The van der Waals surface area contributed by atoms with Gasteiger partial charge in [0, 0.05) is 21.7 Å². The fourth-order valence-corrected chi connectivity index (χ4v) is 3.77. The zero-order valence-corrected chi connectivity index (χ0v) is 18.2. The van der Waals surface area contributed by atoms with Gasteiger partial charge in [-0.1, -0.05) is 66.2 Å². The molecule has 0 aliphatic carbocycles. The van der Waals surface area contributed by atoms with Gasteiger partial charge in [0.25, 0.3) is 0 Å². The Hall–Kier alpha value is -3.89. The van der Waals surface area contributed by atoms with Crippen LogP contribution in [0.4, 0.5) is 5.69 Å². The third kappa shape index (κ3) is 4.01. The number of rotatable bonds is 4. The predicted molar refractivity (Wildman–Crippen MR) is 131 cm³/mol. The van der Waals surface area contributed by atoms with Gasteiger partial charge in [-0.25, -0.2) is 4.99 Å². The molecule has 1 N–H and O–H groups in total. The van der Waals surface area contributed by atoms with Gasteiger partial charge in [0.1, 0.15) is 5.75 Å². The molecule has 0 atom stereocenters. The highest BCUT2D eigenvalue weighted by Crippen LogP contribution is 2.28. The minimum atomic E-state index is 0.680. The maximum absolute atomic E-state index is 6.05. The topological polar surface area (TPSA) is 46.0 Å². The monoisotopic (exact) mass is 437 g/mol. The summed E-state index contributed by atoms with van der Waals surface area (Å²) in [6.45, 7) is 0. The normalized spacial score (nSPS) is 12.7. The van der Waals surface area contributed by atoms with Crippen molar-refractivity contribution in [1.82, 2.24) is 5.43 Å². The van der Waals surface area contributed by atoms with Crippen molar-refractivity contribution < 1.29 is 4.74 Å². The minimum absolute atomic E-state index is 0.680. The number of halogens is 1. The summed E-state index contributed by atoms with van der Waals surface area (Å²) in [4.78, 5) is 4.83. The smallest absolute Gasteiger partial charge is 0.154 e. The first-order valence-corrected chi connectivity index (χ1v) is 10.6. The molecule has 156 valence electrons. The highest BCUT2D eigenvalue weighted by molar-refractivity contribution is 6.30. The molecular weight excluding hydrogens is 418 g/mol. The van der Waals surface area contributed by atoms with Crippen molar-refractivity contribution in [2.75, 3.05) is 7.11 Å². The lowest BCUT2D eigenvalue weighted by molar-refractivity contribution is 0.415. The SMILES string of the molecule is COc1ccc(-c2ccc(C3=NNC(c4ccc(Cl)cc4)=Nc4ccccc43)cc2)cc1. The summed E-state index contributed by atoms with van der Waals surface area (Å²) in [6.07, 6.45) is 0. The predicted octanol–water partition coefficient (Wildman–Crippen LogP) is 6.45. The molecular formula is C27H20ClN3O. The number of aliphatic imine (C=N–C) groups is 1. The molecule has 4 aromatic rings. The van der Waals surface area contributed by atoms with Crippen LogP contribution in [0.15, 0.2) is 107 Å². The van der Waals surface area contributed by atoms with Crippen molar-refractivity contribution >= 4 is 28.8 Å². The number of para-hydroxylation sites is 1. The molecule has 1 aliphatic heterocycles. The Kier molecular flexibility index (Phi) is 5.44. The van der Waals surface area contributed by atoms with Crippen LogP contribution in [-0.4, -0.2) is 18.7 Å². The zero-order chi connectivity index (χ0) is 21.9. The quantitative estimate of drug-likeness (QED) is 0.398. The first-order chi connectivity index (χ1) is 15.7. The van der Waals surface area contributed by atoms with Gasteiger partial charge in [-0.2, -0.15) is 5.10 Å². The van der Waals surface area contributed by atoms with Crippen LogP contribution in [0.25, 0.3) is 11.1 Å². The van der Waals surface area contributed by atoms with E-state index < -0.39 is 0 Å². The molecule has 5 rings (SSSR count). The number of hydrogen-bond donors (Lipinski definition) is 1. The largest absolute Gasteiger partial charge is 0.497 e. The maximum Gasteiger partial charge on any atom is 0.154 e. The van der Waals surface area contributed by atoms with E-state index in [0.29, 0.717) is 10.9 Å². The van der Waals surface area contributed by atoms with Crippen molar-refractivity contribution in [3.63, 3.8) is 0 Å². The lowest BCUT2D eigenvalue weighted by Crippen LogP contribution is -2.19. The Morgan fingerprint density at radius 3 is 1.97 bits per heavy atom. The maximum atomic E-state index is 6.05. The fraction of sp³-hybridized carbons (Fsp3) is 0.0370. The second kappa shape index (κ2) is 8.69. The lowest BCUT2D eigenvalue weighted by Gasteiger charge is -2.09. The van der Waals surface area contributed by atoms with E-state index in [4.69, 9.17) is 26.4 Å². The van der Waals surface area contributed by atoms with Crippen molar-refractivity contribution in [3.05, 3.63) is 119 Å². The van der Waals surface area contributed by atoms with Crippen LogP contribution in [-0.2, 0) is 0 Å². The summed E-state index contributed by atoms with van der Waals surface area (Å²) in [5, 5.41) is 5.41. The molecule has 0 saturated heterocycles. The molecule has 1 heterocycles. The summed E-state index contributed by atoms with van der Waals surface area (Å²) in [7, 11) is 1.67. The Morgan fingerprint density at radius 1 is 0.688 bits per heavy atom. The van der Waals surface area contributed by atoms with Gasteiger partial charge in [0.15, 0.2) is 5.84 Å². The van der Waals surface area contributed by atoms with E-state index in [1.807, 2.05) is 60.7 Å². The highest BCUT2D eigenvalue weighted by Gasteiger charge is 2.17. The summed E-state index contributed by atoms with van der Waals surface area (Å²) in [5.41, 5.74) is 10.0. The van der Waals surface area contributed by atoms with E-state index in [1.54, 1.807) is 7.11 Å². The van der Waals surface area contributed by atoms with E-state index in [0.717, 1.165) is 45.0 Å². The van der Waals surface area contributed by atoms with E-state index in [1.165, 1.54) is 0 Å². The third-order valence-corrected chi connectivity index (χ3v) is 5.62. The standard InChI is InChI=1S/C27H20ClN3O/c1-32-23-16-12-19(13-17-23)18-6-8-20(9-7-18)26-24-4-2-3-5-25(24)29-27(31-30-26)21-10-14-22(28)15-11-21/h2-17H,1H3,(H,29,31). The molecule has 5 heteroatoms. The van der Waals surface area contributed by atoms with Crippen LogP contribution in [0.3, 0.4) is 0 Å². The summed E-state index contributed by atoms with van der Waals surface area (Å²) in [5.74, 6) is 1.52. The number of nitrogens with zero attached hydrogens (tertiary/aromatic N) is 2. The van der Waals surface area contributed by atoms with Crippen molar-refractivity contribution in [1.29, 1.82) is 0 Å². The number of ether oxygens (including phenoxy) is 1. The highest BCUT2D eigenvalue weighted by atomic mass is 35.5. The van der Waals surface area contributed by atoms with Gasteiger partial charge in [-0.05, 0) is 53.6 Å². The average Bonchev–Trinajstić information content (AvgIpc) is 3.05. The van der Waals surface area contributed by atoms with Crippen LogP contribution in [0.2, 0.25) is 5.02 Å². The lowest BCUT2D eigenvalue weighted by atomic mass is 9.98. The Bertz CT molecular complexity index is 1310. The molecule has 4 nitrogen and oxygen atoms in total. The van der Waals surface area contributed by atoms with Gasteiger partial charge >= 0.3 is 0 Å². The minimum Gasteiger partial charge on any atom is -0.497 e. The van der Waals surface area contributed by atoms with Crippen molar-refractivity contribution in [2.45, 2.75) is 0 Å². The summed E-state index contributed by atoms with van der Waals surface area (Å²) in [6, 6.07) is 32.0. The Balaban J connectivity index is 1.50. The number of hydrazone groups is 1.